The zero-order valence-electron chi connectivity index (χ0n) is 41.6. The van der Waals surface area contributed by atoms with Crippen LogP contribution in [0.2, 0.25) is 0 Å². The molecule has 9 aromatic carbocycles. The maximum absolute atomic E-state index is 2.48. The smallest absolute Gasteiger partial charge is 0.0543 e. The normalized spacial score (nSPS) is 11.9. The van der Waals surface area contributed by atoms with E-state index in [1.54, 1.807) is 0 Å². The van der Waals surface area contributed by atoms with Crippen molar-refractivity contribution in [3.63, 3.8) is 0 Å². The summed E-state index contributed by atoms with van der Waals surface area (Å²) >= 11 is 0. The Morgan fingerprint density at radius 2 is 0.969 bits per heavy atom. The van der Waals surface area contributed by atoms with Gasteiger partial charge in [0.1, 0.15) is 0 Å². The summed E-state index contributed by atoms with van der Waals surface area (Å²) < 4.78 is 0. The summed E-state index contributed by atoms with van der Waals surface area (Å²) in [6.45, 7) is 27.8. The van der Waals surface area contributed by atoms with Crippen LogP contribution in [-0.4, -0.2) is 0 Å². The standard InChI is InChI=1S/C35H33N.C16H14.C7H8.3C2H6/c1-5-24(2)25-20-21-30-31(22-25)35(3,4)32-23-33(28-18-12-13-19-29(28)34(30)32)36(26-14-8-6-9-15-26)27-16-10-7-11-17-27;1-11-7-8-15-14-6-4-3-5-13(14)10-12(2)16(15)9-11;1-7-5-3-2-4-6-7;3*1-2/h6-24H,5H2,1-4H3;3-10H,1-2H3;2-6H,1H3;3*1-2H3. The van der Waals surface area contributed by atoms with Crippen molar-refractivity contribution in [3.05, 3.63) is 221 Å². The van der Waals surface area contributed by atoms with Gasteiger partial charge in [-0.3, -0.25) is 0 Å². The first-order chi connectivity index (χ1) is 31.7. The highest BCUT2D eigenvalue weighted by molar-refractivity contribution is 6.10. The Morgan fingerprint density at radius 3 is 1.52 bits per heavy atom. The number of aryl methyl sites for hydroxylation is 3. The van der Waals surface area contributed by atoms with Crippen LogP contribution in [0.25, 0.3) is 43.4 Å². The van der Waals surface area contributed by atoms with E-state index in [1.165, 1.54) is 93.9 Å². The lowest BCUT2D eigenvalue weighted by atomic mass is 9.80. The Morgan fingerprint density at radius 1 is 0.446 bits per heavy atom. The number of fused-ring (bicyclic) bond motifs is 8. The maximum Gasteiger partial charge on any atom is 0.0543 e. The first kappa shape index (κ1) is 49.6. The van der Waals surface area contributed by atoms with E-state index in [9.17, 15) is 0 Å². The van der Waals surface area contributed by atoms with Crippen LogP contribution in [0.5, 0.6) is 0 Å². The fourth-order valence-corrected chi connectivity index (χ4v) is 8.82. The van der Waals surface area contributed by atoms with E-state index in [2.05, 4.69) is 223 Å². The van der Waals surface area contributed by atoms with Crippen LogP contribution in [-0.2, 0) is 5.41 Å². The van der Waals surface area contributed by atoms with Crippen LogP contribution in [0.3, 0.4) is 0 Å². The fourth-order valence-electron chi connectivity index (χ4n) is 8.82. The number of rotatable bonds is 5. The minimum absolute atomic E-state index is 0.0774. The van der Waals surface area contributed by atoms with Gasteiger partial charge in [0.25, 0.3) is 0 Å². The highest BCUT2D eigenvalue weighted by Crippen LogP contribution is 2.55. The molecular weight excluding hydrogens is 783 g/mol. The van der Waals surface area contributed by atoms with Gasteiger partial charge in [-0.2, -0.15) is 0 Å². The molecule has 65 heavy (non-hydrogen) atoms. The minimum Gasteiger partial charge on any atom is -0.310 e. The minimum atomic E-state index is -0.0774. The van der Waals surface area contributed by atoms with Crippen LogP contribution in [0.1, 0.15) is 115 Å². The molecule has 0 fully saturated rings. The monoisotopic (exact) mass is 856 g/mol. The molecule has 9 aromatic rings. The van der Waals surface area contributed by atoms with Crippen molar-refractivity contribution in [3.8, 4) is 11.1 Å². The lowest BCUT2D eigenvalue weighted by Gasteiger charge is -2.29. The van der Waals surface area contributed by atoms with Crippen molar-refractivity contribution >= 4 is 49.4 Å². The molecule has 0 saturated heterocycles. The van der Waals surface area contributed by atoms with Gasteiger partial charge >= 0.3 is 0 Å². The number of benzene rings is 9. The van der Waals surface area contributed by atoms with Gasteiger partial charge in [0.15, 0.2) is 0 Å². The Bertz CT molecular complexity index is 2830. The lowest BCUT2D eigenvalue weighted by molar-refractivity contribution is 0.655. The molecule has 0 spiro atoms. The van der Waals surface area contributed by atoms with E-state index in [-0.39, 0.29) is 5.41 Å². The van der Waals surface area contributed by atoms with Gasteiger partial charge in [-0.15, -0.1) is 0 Å². The largest absolute Gasteiger partial charge is 0.310 e. The van der Waals surface area contributed by atoms with Crippen molar-refractivity contribution in [1.82, 2.24) is 0 Å². The van der Waals surface area contributed by atoms with Crippen LogP contribution >= 0.6 is 0 Å². The molecule has 0 heterocycles. The number of hydrogen-bond donors (Lipinski definition) is 0. The van der Waals surface area contributed by atoms with Gasteiger partial charge < -0.3 is 4.90 Å². The lowest BCUT2D eigenvalue weighted by Crippen LogP contribution is -2.17. The quantitative estimate of drug-likeness (QED) is 0.156. The highest BCUT2D eigenvalue weighted by Gasteiger charge is 2.38. The SMILES string of the molecule is CC.CC.CC.CCC(C)c1ccc2c(c1)C(C)(C)c1cc(N(c3ccccc3)c3ccccc3)c3ccccc3c1-2.Cc1ccc2c(c1)c(C)cc1ccccc12.Cc1ccccc1. The van der Waals surface area contributed by atoms with Gasteiger partial charge in [0.2, 0.25) is 0 Å². The molecule has 1 heteroatoms. The second-order valence-electron chi connectivity index (χ2n) is 16.7. The summed E-state index contributed by atoms with van der Waals surface area (Å²) in [6, 6.07) is 67.9. The zero-order valence-corrected chi connectivity index (χ0v) is 41.6. The molecule has 0 aromatic heterocycles. The van der Waals surface area contributed by atoms with E-state index < -0.39 is 0 Å². The fraction of sp³-hybridized carbons (Fsp3) is 0.250. The summed E-state index contributed by atoms with van der Waals surface area (Å²) in [4.78, 5) is 2.41. The summed E-state index contributed by atoms with van der Waals surface area (Å²) in [6.07, 6.45) is 1.16. The Kier molecular flexibility index (Phi) is 17.9. The molecule has 1 atom stereocenters. The highest BCUT2D eigenvalue weighted by atomic mass is 15.1. The third-order valence-corrected chi connectivity index (χ3v) is 12.3. The number of hydrogen-bond acceptors (Lipinski definition) is 1. The molecule has 0 bridgehead atoms. The average Bonchev–Trinajstić information content (AvgIpc) is 3.59. The van der Waals surface area contributed by atoms with Gasteiger partial charge in [-0.1, -0.05) is 238 Å². The summed E-state index contributed by atoms with van der Waals surface area (Å²) in [7, 11) is 0. The van der Waals surface area contributed by atoms with Crippen molar-refractivity contribution in [2.24, 2.45) is 0 Å². The molecule has 1 aliphatic carbocycles. The molecule has 334 valence electrons. The Labute approximate surface area is 392 Å². The summed E-state index contributed by atoms with van der Waals surface area (Å²) in [5.74, 6) is 0.564. The van der Waals surface area contributed by atoms with Gasteiger partial charge in [0.05, 0.1) is 5.69 Å². The van der Waals surface area contributed by atoms with Crippen molar-refractivity contribution in [2.45, 2.75) is 108 Å². The Balaban J connectivity index is 0.000000224. The van der Waals surface area contributed by atoms with Crippen LogP contribution in [0, 0.1) is 20.8 Å². The maximum atomic E-state index is 2.48. The van der Waals surface area contributed by atoms with Gasteiger partial charge in [-0.25, -0.2) is 0 Å². The van der Waals surface area contributed by atoms with E-state index in [4.69, 9.17) is 0 Å². The third kappa shape index (κ3) is 10.9. The molecule has 0 N–H and O–H groups in total. The molecule has 0 aliphatic heterocycles. The van der Waals surface area contributed by atoms with E-state index in [0.717, 1.165) is 6.42 Å². The number of para-hydroxylation sites is 2. The van der Waals surface area contributed by atoms with Crippen LogP contribution < -0.4 is 4.90 Å². The molecule has 0 amide bonds. The van der Waals surface area contributed by atoms with Crippen molar-refractivity contribution in [1.29, 1.82) is 0 Å². The van der Waals surface area contributed by atoms with E-state index >= 15 is 0 Å². The van der Waals surface area contributed by atoms with Crippen molar-refractivity contribution < 1.29 is 0 Å². The van der Waals surface area contributed by atoms with E-state index in [0.29, 0.717) is 5.92 Å². The summed E-state index contributed by atoms with van der Waals surface area (Å²) in [5.41, 5.74) is 14.6. The number of nitrogens with zero attached hydrogens (tertiary/aromatic N) is 1. The molecular formula is C64H73N. The zero-order chi connectivity index (χ0) is 47.1. The molecule has 1 nitrogen and oxygen atoms in total. The predicted molar refractivity (Wildman–Crippen MR) is 291 cm³/mol. The molecule has 0 radical (unpaired) electrons. The van der Waals surface area contributed by atoms with Gasteiger partial charge in [0, 0.05) is 22.2 Å². The molecule has 0 saturated carbocycles. The molecule has 1 unspecified atom stereocenters. The average molecular weight is 856 g/mol. The van der Waals surface area contributed by atoms with Crippen LogP contribution in [0.4, 0.5) is 17.1 Å². The summed E-state index contributed by atoms with van der Waals surface area (Å²) in [5, 5.41) is 8.02. The number of anilines is 3. The third-order valence-electron chi connectivity index (χ3n) is 12.3. The topological polar surface area (TPSA) is 3.24 Å². The predicted octanol–water partition coefficient (Wildman–Crippen LogP) is 19.8. The van der Waals surface area contributed by atoms with E-state index in [1.807, 2.05) is 59.7 Å². The second-order valence-corrected chi connectivity index (χ2v) is 16.7. The molecule has 1 aliphatic rings. The Hall–Kier alpha value is -6.44. The van der Waals surface area contributed by atoms with Crippen LogP contribution in [0.15, 0.2) is 188 Å². The van der Waals surface area contributed by atoms with Crippen molar-refractivity contribution in [2.75, 3.05) is 4.90 Å². The first-order valence-electron chi connectivity index (χ1n) is 24.2. The first-order valence-corrected chi connectivity index (χ1v) is 24.2. The molecule has 10 rings (SSSR count). The second kappa shape index (κ2) is 23.5. The van der Waals surface area contributed by atoms with Gasteiger partial charge in [-0.05, 0) is 124 Å².